The molecule has 1 aliphatic carbocycles. The number of nitrogens with two attached hydrogens (primary N) is 1. The predicted molar refractivity (Wildman–Crippen MR) is 46.9 cm³/mol. The Morgan fingerprint density at radius 3 is 3.00 bits per heavy atom. The predicted octanol–water partition coefficient (Wildman–Crippen LogP) is -0.0490. The number of aromatic nitrogens is 2. The number of hydrogen-bond donors (Lipinski definition) is 2. The third kappa shape index (κ3) is 1.93. The quantitative estimate of drug-likeness (QED) is 0.665. The van der Waals surface area contributed by atoms with Gasteiger partial charge in [-0.3, -0.25) is 4.79 Å². The van der Waals surface area contributed by atoms with Gasteiger partial charge in [-0.05, 0) is 18.9 Å². The number of nitrogens with one attached hydrogen (secondary N) is 1. The fourth-order valence-corrected chi connectivity index (χ4v) is 0.987. The van der Waals surface area contributed by atoms with Crippen molar-refractivity contribution < 1.29 is 4.79 Å². The van der Waals surface area contributed by atoms with Gasteiger partial charge in [-0.2, -0.15) is 0 Å². The van der Waals surface area contributed by atoms with Gasteiger partial charge in [0, 0.05) is 12.2 Å². The lowest BCUT2D eigenvalue weighted by atomic mass is 10.4. The summed E-state index contributed by atoms with van der Waals surface area (Å²) in [7, 11) is 0. The van der Waals surface area contributed by atoms with E-state index in [0.29, 0.717) is 11.7 Å². The zero-order valence-electron chi connectivity index (χ0n) is 7.03. The molecule has 0 bridgehead atoms. The average Bonchev–Trinajstić information content (AvgIpc) is 2.88. The van der Waals surface area contributed by atoms with Gasteiger partial charge in [-0.15, -0.1) is 0 Å². The standard InChI is InChI=1S/C8H10N4O/c9-8-10-4-3-6(12-8)7(13)11-5-1-2-5/h3-5H,1-2H2,(H,11,13)(H2,9,10,12). The number of hydrogen-bond acceptors (Lipinski definition) is 4. The lowest BCUT2D eigenvalue weighted by Gasteiger charge is -2.01. The van der Waals surface area contributed by atoms with Gasteiger partial charge in [0.2, 0.25) is 5.95 Å². The number of amides is 1. The highest BCUT2D eigenvalue weighted by Gasteiger charge is 2.24. The van der Waals surface area contributed by atoms with Gasteiger partial charge < -0.3 is 11.1 Å². The lowest BCUT2D eigenvalue weighted by Crippen LogP contribution is -2.26. The Bertz CT molecular complexity index is 335. The molecule has 1 aliphatic rings. The van der Waals surface area contributed by atoms with Gasteiger partial charge in [0.15, 0.2) is 0 Å². The Morgan fingerprint density at radius 1 is 1.62 bits per heavy atom. The van der Waals surface area contributed by atoms with E-state index in [1.165, 1.54) is 6.20 Å². The molecule has 1 aromatic rings. The maximum Gasteiger partial charge on any atom is 0.270 e. The summed E-state index contributed by atoms with van der Waals surface area (Å²) >= 11 is 0. The molecular weight excluding hydrogens is 168 g/mol. The van der Waals surface area contributed by atoms with Crippen molar-refractivity contribution >= 4 is 11.9 Å². The van der Waals surface area contributed by atoms with Crippen LogP contribution in [0.25, 0.3) is 0 Å². The molecule has 0 atom stereocenters. The minimum absolute atomic E-state index is 0.128. The molecule has 1 amide bonds. The van der Waals surface area contributed by atoms with E-state index in [1.807, 2.05) is 0 Å². The van der Waals surface area contributed by atoms with E-state index in [-0.39, 0.29) is 11.9 Å². The van der Waals surface area contributed by atoms with Crippen LogP contribution >= 0.6 is 0 Å². The molecule has 0 aromatic carbocycles. The van der Waals surface area contributed by atoms with Crippen LogP contribution in [-0.2, 0) is 0 Å². The van der Waals surface area contributed by atoms with Gasteiger partial charge in [-0.1, -0.05) is 0 Å². The van der Waals surface area contributed by atoms with Crippen molar-refractivity contribution in [3.05, 3.63) is 18.0 Å². The van der Waals surface area contributed by atoms with Gasteiger partial charge in [0.25, 0.3) is 5.91 Å². The SMILES string of the molecule is Nc1nccc(C(=O)NC2CC2)n1. The first-order valence-corrected chi connectivity index (χ1v) is 4.15. The van der Waals surface area contributed by atoms with Crippen LogP contribution in [0.2, 0.25) is 0 Å². The summed E-state index contributed by atoms with van der Waals surface area (Å²) < 4.78 is 0. The lowest BCUT2D eigenvalue weighted by molar-refractivity contribution is 0.0946. The smallest absolute Gasteiger partial charge is 0.270 e. The normalized spacial score (nSPS) is 15.4. The third-order valence-corrected chi connectivity index (χ3v) is 1.82. The fraction of sp³-hybridized carbons (Fsp3) is 0.375. The zero-order chi connectivity index (χ0) is 9.26. The maximum atomic E-state index is 11.4. The first kappa shape index (κ1) is 7.97. The molecular formula is C8H10N4O. The Hall–Kier alpha value is -1.65. The van der Waals surface area contributed by atoms with Crippen molar-refractivity contribution in [3.8, 4) is 0 Å². The highest BCUT2D eigenvalue weighted by Crippen LogP contribution is 2.18. The number of anilines is 1. The topological polar surface area (TPSA) is 80.9 Å². The minimum atomic E-state index is -0.170. The fourth-order valence-electron chi connectivity index (χ4n) is 0.987. The second kappa shape index (κ2) is 3.01. The van der Waals surface area contributed by atoms with Crippen LogP contribution in [0.15, 0.2) is 12.3 Å². The molecule has 13 heavy (non-hydrogen) atoms. The van der Waals surface area contributed by atoms with Crippen LogP contribution in [-0.4, -0.2) is 21.9 Å². The van der Waals surface area contributed by atoms with Crippen molar-refractivity contribution in [2.45, 2.75) is 18.9 Å². The molecule has 0 saturated heterocycles. The van der Waals surface area contributed by atoms with Crippen LogP contribution in [0, 0.1) is 0 Å². The summed E-state index contributed by atoms with van der Waals surface area (Å²) in [5.74, 6) is -0.0416. The average molecular weight is 178 g/mol. The Labute approximate surface area is 75.4 Å². The highest BCUT2D eigenvalue weighted by atomic mass is 16.2. The van der Waals surface area contributed by atoms with E-state index >= 15 is 0 Å². The summed E-state index contributed by atoms with van der Waals surface area (Å²) in [6.07, 6.45) is 3.60. The van der Waals surface area contributed by atoms with E-state index in [2.05, 4.69) is 15.3 Å². The minimum Gasteiger partial charge on any atom is -0.368 e. The molecule has 0 spiro atoms. The zero-order valence-corrected chi connectivity index (χ0v) is 7.03. The number of nitrogens with zero attached hydrogens (tertiary/aromatic N) is 2. The summed E-state index contributed by atoms with van der Waals surface area (Å²) in [4.78, 5) is 18.9. The summed E-state index contributed by atoms with van der Waals surface area (Å²) in [5.41, 5.74) is 5.67. The molecule has 1 saturated carbocycles. The van der Waals surface area contributed by atoms with E-state index < -0.39 is 0 Å². The van der Waals surface area contributed by atoms with Crippen molar-refractivity contribution in [2.24, 2.45) is 0 Å². The molecule has 1 heterocycles. The molecule has 3 N–H and O–H groups in total. The monoisotopic (exact) mass is 178 g/mol. The number of nitrogen functional groups attached to an aromatic ring is 1. The molecule has 2 rings (SSSR count). The van der Waals surface area contributed by atoms with Crippen molar-refractivity contribution in [1.29, 1.82) is 0 Å². The summed E-state index contributed by atoms with van der Waals surface area (Å²) in [6.45, 7) is 0. The van der Waals surface area contributed by atoms with Gasteiger partial charge >= 0.3 is 0 Å². The highest BCUT2D eigenvalue weighted by molar-refractivity contribution is 5.92. The maximum absolute atomic E-state index is 11.4. The van der Waals surface area contributed by atoms with Crippen molar-refractivity contribution in [2.75, 3.05) is 5.73 Å². The number of rotatable bonds is 2. The van der Waals surface area contributed by atoms with Crippen molar-refractivity contribution in [3.63, 3.8) is 0 Å². The van der Waals surface area contributed by atoms with Gasteiger partial charge in [0.1, 0.15) is 5.69 Å². The molecule has 0 unspecified atom stereocenters. The first-order chi connectivity index (χ1) is 6.25. The largest absolute Gasteiger partial charge is 0.368 e. The Morgan fingerprint density at radius 2 is 2.38 bits per heavy atom. The van der Waals surface area contributed by atoms with Crippen molar-refractivity contribution in [1.82, 2.24) is 15.3 Å². The molecule has 1 fully saturated rings. The van der Waals surface area contributed by atoms with Gasteiger partial charge in [0.05, 0.1) is 0 Å². The van der Waals surface area contributed by atoms with E-state index in [4.69, 9.17) is 5.73 Å². The second-order valence-corrected chi connectivity index (χ2v) is 3.05. The van der Waals surface area contributed by atoms with E-state index in [9.17, 15) is 4.79 Å². The van der Waals surface area contributed by atoms with Crippen LogP contribution in [0.3, 0.4) is 0 Å². The second-order valence-electron chi connectivity index (χ2n) is 3.05. The van der Waals surface area contributed by atoms with Crippen LogP contribution in [0.1, 0.15) is 23.3 Å². The number of carbonyl (C=O) groups excluding carboxylic acids is 1. The molecule has 0 aliphatic heterocycles. The molecule has 5 heteroatoms. The van der Waals surface area contributed by atoms with Crippen LogP contribution in [0.5, 0.6) is 0 Å². The van der Waals surface area contributed by atoms with Crippen LogP contribution in [0.4, 0.5) is 5.95 Å². The Balaban J connectivity index is 2.09. The van der Waals surface area contributed by atoms with E-state index in [0.717, 1.165) is 12.8 Å². The summed E-state index contributed by atoms with van der Waals surface area (Å²) in [5, 5.41) is 2.81. The van der Waals surface area contributed by atoms with Crippen LogP contribution < -0.4 is 11.1 Å². The molecule has 0 radical (unpaired) electrons. The number of carbonyl (C=O) groups is 1. The molecule has 68 valence electrons. The Kier molecular flexibility index (Phi) is 1.84. The molecule has 5 nitrogen and oxygen atoms in total. The summed E-state index contributed by atoms with van der Waals surface area (Å²) in [6, 6.07) is 1.89. The van der Waals surface area contributed by atoms with Gasteiger partial charge in [-0.25, -0.2) is 9.97 Å². The van der Waals surface area contributed by atoms with E-state index in [1.54, 1.807) is 6.07 Å². The molecule has 1 aromatic heterocycles. The first-order valence-electron chi connectivity index (χ1n) is 4.15. The third-order valence-electron chi connectivity index (χ3n) is 1.82.